The van der Waals surface area contributed by atoms with Crippen LogP contribution >= 0.6 is 0 Å². The van der Waals surface area contributed by atoms with E-state index in [4.69, 9.17) is 9.15 Å². The van der Waals surface area contributed by atoms with E-state index < -0.39 is 0 Å². The highest BCUT2D eigenvalue weighted by Gasteiger charge is 2.24. The lowest BCUT2D eigenvalue weighted by molar-refractivity contribution is 0.0929. The molecule has 1 aromatic carbocycles. The number of fused-ring (bicyclic) bond motifs is 2. The van der Waals surface area contributed by atoms with Gasteiger partial charge >= 0.3 is 0 Å². The standard InChI is InChI=1S/C19H22N4O3/c1-10-13-8-12(25-3)4-5-16(13)26-18(10)11(2)21-19(24)17-14-9-20-7-6-15(14)22-23-17/h4-5,8,11,20H,6-7,9H2,1-3H3,(H,21,24)(H,22,23). The van der Waals surface area contributed by atoms with Crippen LogP contribution in [-0.4, -0.2) is 29.8 Å². The van der Waals surface area contributed by atoms with E-state index in [9.17, 15) is 4.79 Å². The molecule has 26 heavy (non-hydrogen) atoms. The average molecular weight is 354 g/mol. The van der Waals surface area contributed by atoms with Crippen LogP contribution < -0.4 is 15.4 Å². The van der Waals surface area contributed by atoms with Crippen LogP contribution in [0.5, 0.6) is 5.75 Å². The van der Waals surface area contributed by atoms with Crippen molar-refractivity contribution in [2.45, 2.75) is 32.9 Å². The number of carbonyl (C=O) groups excluding carboxylic acids is 1. The summed E-state index contributed by atoms with van der Waals surface area (Å²) >= 11 is 0. The van der Waals surface area contributed by atoms with E-state index >= 15 is 0 Å². The number of nitrogens with one attached hydrogen (secondary N) is 3. The summed E-state index contributed by atoms with van der Waals surface area (Å²) in [5.41, 5.74) is 4.22. The van der Waals surface area contributed by atoms with Gasteiger partial charge in [0.1, 0.15) is 17.1 Å². The fourth-order valence-electron chi connectivity index (χ4n) is 3.50. The van der Waals surface area contributed by atoms with E-state index in [0.717, 1.165) is 52.3 Å². The molecular weight excluding hydrogens is 332 g/mol. The Morgan fingerprint density at radius 2 is 2.27 bits per heavy atom. The second kappa shape index (κ2) is 6.49. The van der Waals surface area contributed by atoms with Gasteiger partial charge in [0.25, 0.3) is 5.91 Å². The molecule has 1 atom stereocenters. The zero-order valence-electron chi connectivity index (χ0n) is 15.1. The zero-order valence-corrected chi connectivity index (χ0v) is 15.1. The van der Waals surface area contributed by atoms with Crippen LogP contribution in [0.1, 0.15) is 46.0 Å². The van der Waals surface area contributed by atoms with Crippen LogP contribution in [0.15, 0.2) is 22.6 Å². The van der Waals surface area contributed by atoms with Gasteiger partial charge in [-0.15, -0.1) is 0 Å². The van der Waals surface area contributed by atoms with Crippen LogP contribution in [0.4, 0.5) is 0 Å². The molecule has 4 rings (SSSR count). The first-order chi connectivity index (χ1) is 12.6. The quantitative estimate of drug-likeness (QED) is 0.670. The molecule has 7 heteroatoms. The number of aryl methyl sites for hydroxylation is 1. The first kappa shape index (κ1) is 16.7. The summed E-state index contributed by atoms with van der Waals surface area (Å²) in [4.78, 5) is 12.7. The van der Waals surface area contributed by atoms with E-state index in [1.165, 1.54) is 0 Å². The first-order valence-electron chi connectivity index (χ1n) is 8.73. The number of methoxy groups -OCH3 is 1. The maximum Gasteiger partial charge on any atom is 0.272 e. The fourth-order valence-corrected chi connectivity index (χ4v) is 3.50. The van der Waals surface area contributed by atoms with Crippen molar-refractivity contribution in [1.29, 1.82) is 0 Å². The number of benzene rings is 1. The van der Waals surface area contributed by atoms with Gasteiger partial charge in [0.05, 0.1) is 13.2 Å². The van der Waals surface area contributed by atoms with Gasteiger partial charge < -0.3 is 19.8 Å². The summed E-state index contributed by atoms with van der Waals surface area (Å²) in [5, 5.41) is 14.5. The van der Waals surface area contributed by atoms with Crippen LogP contribution in [0.2, 0.25) is 0 Å². The van der Waals surface area contributed by atoms with E-state index in [-0.39, 0.29) is 11.9 Å². The van der Waals surface area contributed by atoms with E-state index in [2.05, 4.69) is 20.8 Å². The lowest BCUT2D eigenvalue weighted by Crippen LogP contribution is -2.30. The maximum atomic E-state index is 12.7. The molecule has 0 saturated carbocycles. The van der Waals surface area contributed by atoms with Gasteiger partial charge in [0.2, 0.25) is 0 Å². The SMILES string of the molecule is COc1ccc2oc(C(C)NC(=O)c3n[nH]c4c3CNCC4)c(C)c2c1. The van der Waals surface area contributed by atoms with Crippen LogP contribution in [0.3, 0.4) is 0 Å². The van der Waals surface area contributed by atoms with Crippen molar-refractivity contribution >= 4 is 16.9 Å². The van der Waals surface area contributed by atoms with Gasteiger partial charge in [0.15, 0.2) is 5.69 Å². The number of rotatable bonds is 4. The van der Waals surface area contributed by atoms with E-state index in [1.807, 2.05) is 32.0 Å². The van der Waals surface area contributed by atoms with E-state index in [0.29, 0.717) is 12.2 Å². The minimum Gasteiger partial charge on any atom is -0.497 e. The molecule has 2 aromatic heterocycles. The summed E-state index contributed by atoms with van der Waals surface area (Å²) in [6.45, 7) is 5.46. The molecule has 0 fully saturated rings. The monoisotopic (exact) mass is 354 g/mol. The van der Waals surface area contributed by atoms with Gasteiger partial charge in [-0.1, -0.05) is 0 Å². The zero-order chi connectivity index (χ0) is 18.3. The molecule has 0 spiro atoms. The smallest absolute Gasteiger partial charge is 0.272 e. The summed E-state index contributed by atoms with van der Waals surface area (Å²) in [6.07, 6.45) is 0.857. The van der Waals surface area contributed by atoms with Crippen molar-refractivity contribution in [1.82, 2.24) is 20.8 Å². The Hall–Kier alpha value is -2.80. The number of amides is 1. The molecule has 0 bridgehead atoms. The Labute approximate surface area is 151 Å². The highest BCUT2D eigenvalue weighted by Crippen LogP contribution is 2.32. The van der Waals surface area contributed by atoms with Crippen LogP contribution in [0, 0.1) is 6.92 Å². The minimum atomic E-state index is -0.273. The minimum absolute atomic E-state index is 0.198. The molecule has 1 aliphatic heterocycles. The summed E-state index contributed by atoms with van der Waals surface area (Å²) in [5.74, 6) is 1.32. The molecule has 7 nitrogen and oxygen atoms in total. The van der Waals surface area contributed by atoms with Gasteiger partial charge in [-0.2, -0.15) is 5.10 Å². The number of aromatic amines is 1. The highest BCUT2D eigenvalue weighted by atomic mass is 16.5. The molecule has 3 N–H and O–H groups in total. The van der Waals surface area contributed by atoms with Gasteiger partial charge in [0, 0.05) is 41.7 Å². The largest absolute Gasteiger partial charge is 0.497 e. The third kappa shape index (κ3) is 2.74. The number of carbonyl (C=O) groups is 1. The van der Waals surface area contributed by atoms with Crippen LogP contribution in [0.25, 0.3) is 11.0 Å². The van der Waals surface area contributed by atoms with Gasteiger partial charge in [-0.05, 0) is 32.0 Å². The van der Waals surface area contributed by atoms with Crippen molar-refractivity contribution in [3.05, 3.63) is 46.5 Å². The van der Waals surface area contributed by atoms with Crippen molar-refractivity contribution in [3.63, 3.8) is 0 Å². The summed E-state index contributed by atoms with van der Waals surface area (Å²) < 4.78 is 11.3. The molecule has 136 valence electrons. The molecule has 0 radical (unpaired) electrons. The van der Waals surface area contributed by atoms with Crippen molar-refractivity contribution in [3.8, 4) is 5.75 Å². The average Bonchev–Trinajstić information content (AvgIpc) is 3.23. The Kier molecular flexibility index (Phi) is 4.16. The Bertz CT molecular complexity index is 973. The van der Waals surface area contributed by atoms with E-state index in [1.54, 1.807) is 7.11 Å². The second-order valence-electron chi connectivity index (χ2n) is 6.60. The molecule has 1 unspecified atom stereocenters. The predicted molar refractivity (Wildman–Crippen MR) is 97.4 cm³/mol. The predicted octanol–water partition coefficient (Wildman–Crippen LogP) is 2.61. The molecule has 0 saturated heterocycles. The maximum absolute atomic E-state index is 12.7. The Morgan fingerprint density at radius 1 is 1.42 bits per heavy atom. The van der Waals surface area contributed by atoms with Crippen molar-refractivity contribution in [2.24, 2.45) is 0 Å². The summed E-state index contributed by atoms with van der Waals surface area (Å²) in [7, 11) is 1.64. The summed E-state index contributed by atoms with van der Waals surface area (Å²) in [6, 6.07) is 5.42. The van der Waals surface area contributed by atoms with Gasteiger partial charge in [-0.3, -0.25) is 9.89 Å². The Balaban J connectivity index is 1.59. The third-order valence-corrected chi connectivity index (χ3v) is 4.94. The first-order valence-corrected chi connectivity index (χ1v) is 8.73. The molecule has 0 aliphatic carbocycles. The molecule has 3 heterocycles. The lowest BCUT2D eigenvalue weighted by atomic mass is 10.1. The van der Waals surface area contributed by atoms with Gasteiger partial charge in [-0.25, -0.2) is 0 Å². The number of ether oxygens (including phenoxy) is 1. The number of aromatic nitrogens is 2. The number of H-pyrrole nitrogens is 1. The molecular formula is C19H22N4O3. The third-order valence-electron chi connectivity index (χ3n) is 4.94. The highest BCUT2D eigenvalue weighted by molar-refractivity contribution is 5.94. The molecule has 3 aromatic rings. The van der Waals surface area contributed by atoms with Crippen LogP contribution in [-0.2, 0) is 13.0 Å². The normalized spacial score (nSPS) is 14.9. The number of furan rings is 1. The number of hydrogen-bond acceptors (Lipinski definition) is 5. The number of nitrogens with zero attached hydrogens (tertiary/aromatic N) is 1. The van der Waals surface area contributed by atoms with Crippen molar-refractivity contribution < 1.29 is 13.9 Å². The fraction of sp³-hybridized carbons (Fsp3) is 0.368. The van der Waals surface area contributed by atoms with Crippen molar-refractivity contribution in [2.75, 3.05) is 13.7 Å². The second-order valence-corrected chi connectivity index (χ2v) is 6.60. The lowest BCUT2D eigenvalue weighted by Gasteiger charge is -2.15. The number of hydrogen-bond donors (Lipinski definition) is 3. The molecule has 1 amide bonds. The molecule has 1 aliphatic rings. The topological polar surface area (TPSA) is 92.2 Å². The Morgan fingerprint density at radius 3 is 3.08 bits per heavy atom.